The molecule has 20 heavy (non-hydrogen) atoms. The lowest BCUT2D eigenvalue weighted by Gasteiger charge is -2.30. The quantitative estimate of drug-likeness (QED) is 0.873. The Kier molecular flexibility index (Phi) is 5.05. The molecule has 1 aliphatic rings. The van der Waals surface area contributed by atoms with Gasteiger partial charge in [-0.15, -0.1) is 0 Å². The van der Waals surface area contributed by atoms with Crippen molar-refractivity contribution in [2.45, 2.75) is 12.1 Å². The minimum absolute atomic E-state index is 0.222. The second-order valence-electron chi connectivity index (χ2n) is 4.46. The Labute approximate surface area is 118 Å². The van der Waals surface area contributed by atoms with Crippen LogP contribution in [0.2, 0.25) is 0 Å². The van der Waals surface area contributed by atoms with E-state index < -0.39 is 6.04 Å². The number of hydrogen-bond donors (Lipinski definition) is 1. The van der Waals surface area contributed by atoms with Crippen LogP contribution in [0.1, 0.15) is 11.6 Å². The highest BCUT2D eigenvalue weighted by Crippen LogP contribution is 2.39. The van der Waals surface area contributed by atoms with Crippen LogP contribution < -0.4 is 19.9 Å². The second-order valence-corrected chi connectivity index (χ2v) is 4.46. The fourth-order valence-corrected chi connectivity index (χ4v) is 2.26. The largest absolute Gasteiger partial charge is 0.496 e. The first-order chi connectivity index (χ1) is 9.71. The Bertz CT molecular complexity index is 420. The van der Waals surface area contributed by atoms with Gasteiger partial charge < -0.3 is 29.4 Å². The summed E-state index contributed by atoms with van der Waals surface area (Å²) in [6.07, 6.45) is -0.222. The molecule has 1 heterocycles. The van der Waals surface area contributed by atoms with Gasteiger partial charge in [-0.3, -0.25) is 0 Å². The van der Waals surface area contributed by atoms with Crippen LogP contribution in [0.15, 0.2) is 12.1 Å². The minimum Gasteiger partial charge on any atom is -0.496 e. The molecule has 0 bridgehead atoms. The van der Waals surface area contributed by atoms with Crippen molar-refractivity contribution >= 4 is 0 Å². The lowest BCUT2D eigenvalue weighted by atomic mass is 9.99. The van der Waals surface area contributed by atoms with Crippen LogP contribution >= 0.6 is 0 Å². The zero-order valence-corrected chi connectivity index (χ0v) is 12.0. The lowest BCUT2D eigenvalue weighted by molar-refractivity contribution is -0.0979. The Balaban J connectivity index is 2.36. The predicted octanol–water partition coefficient (Wildman–Crippen LogP) is 1.13. The van der Waals surface area contributed by atoms with Gasteiger partial charge in [0.1, 0.15) is 23.4 Å². The van der Waals surface area contributed by atoms with Gasteiger partial charge >= 0.3 is 0 Å². The van der Waals surface area contributed by atoms with Gasteiger partial charge in [0.2, 0.25) is 0 Å². The van der Waals surface area contributed by atoms with E-state index >= 15 is 0 Å². The predicted molar refractivity (Wildman–Crippen MR) is 73.6 cm³/mol. The zero-order valence-electron chi connectivity index (χ0n) is 12.0. The van der Waals surface area contributed by atoms with Crippen molar-refractivity contribution in [2.24, 2.45) is 5.73 Å². The van der Waals surface area contributed by atoms with Gasteiger partial charge in [0.05, 0.1) is 52.8 Å². The summed E-state index contributed by atoms with van der Waals surface area (Å²) in [6.45, 7) is 1.60. The van der Waals surface area contributed by atoms with Gasteiger partial charge in [-0.2, -0.15) is 0 Å². The van der Waals surface area contributed by atoms with Gasteiger partial charge in [-0.25, -0.2) is 0 Å². The number of ether oxygens (including phenoxy) is 5. The molecule has 1 aliphatic heterocycles. The van der Waals surface area contributed by atoms with E-state index in [-0.39, 0.29) is 6.10 Å². The van der Waals surface area contributed by atoms with E-state index in [0.29, 0.717) is 37.1 Å². The molecule has 2 atom stereocenters. The average Bonchev–Trinajstić information content (AvgIpc) is 2.53. The molecule has 0 radical (unpaired) electrons. The van der Waals surface area contributed by atoms with E-state index in [1.54, 1.807) is 33.5 Å². The third-order valence-corrected chi connectivity index (χ3v) is 3.33. The molecule has 0 spiro atoms. The smallest absolute Gasteiger partial charge is 0.131 e. The third-order valence-electron chi connectivity index (χ3n) is 3.33. The molecule has 0 aliphatic carbocycles. The second kappa shape index (κ2) is 6.78. The maximum absolute atomic E-state index is 6.31. The van der Waals surface area contributed by atoms with Crippen molar-refractivity contribution in [2.75, 3.05) is 41.2 Å². The van der Waals surface area contributed by atoms with Crippen molar-refractivity contribution < 1.29 is 23.7 Å². The highest BCUT2D eigenvalue weighted by Gasteiger charge is 2.29. The molecule has 2 N–H and O–H groups in total. The van der Waals surface area contributed by atoms with Crippen LogP contribution in [0.5, 0.6) is 17.2 Å². The van der Waals surface area contributed by atoms with Gasteiger partial charge in [-0.05, 0) is 0 Å². The van der Waals surface area contributed by atoms with Crippen LogP contribution in [0.25, 0.3) is 0 Å². The number of benzene rings is 1. The Morgan fingerprint density at radius 3 is 2.20 bits per heavy atom. The van der Waals surface area contributed by atoms with E-state index in [4.69, 9.17) is 29.4 Å². The molecule has 1 saturated heterocycles. The van der Waals surface area contributed by atoms with E-state index in [9.17, 15) is 0 Å². The van der Waals surface area contributed by atoms with Crippen LogP contribution in [0.4, 0.5) is 0 Å². The molecule has 6 heteroatoms. The normalized spacial score (nSPS) is 20.3. The van der Waals surface area contributed by atoms with Crippen molar-refractivity contribution in [3.8, 4) is 17.2 Å². The summed E-state index contributed by atoms with van der Waals surface area (Å²) in [6, 6.07) is 3.16. The maximum Gasteiger partial charge on any atom is 0.131 e. The van der Waals surface area contributed by atoms with E-state index in [1.807, 2.05) is 0 Å². The Morgan fingerprint density at radius 1 is 1.10 bits per heavy atom. The molecule has 1 aromatic rings. The van der Waals surface area contributed by atoms with Gasteiger partial charge in [0, 0.05) is 12.1 Å². The molecule has 112 valence electrons. The topological polar surface area (TPSA) is 72.2 Å². The van der Waals surface area contributed by atoms with Crippen LogP contribution in [-0.2, 0) is 9.47 Å². The van der Waals surface area contributed by atoms with E-state index in [2.05, 4.69) is 0 Å². The number of rotatable bonds is 5. The monoisotopic (exact) mass is 283 g/mol. The molecule has 0 amide bonds. The summed E-state index contributed by atoms with van der Waals surface area (Å²) >= 11 is 0. The van der Waals surface area contributed by atoms with Gasteiger partial charge in [0.25, 0.3) is 0 Å². The standard InChI is InChI=1S/C14H21NO5/c1-16-9-6-10(17-2)13(11(7-9)18-3)14(15)12-8-19-4-5-20-12/h6-7,12,14H,4-5,8,15H2,1-3H3. The number of nitrogens with two attached hydrogens (primary N) is 1. The Morgan fingerprint density at radius 2 is 1.75 bits per heavy atom. The van der Waals surface area contributed by atoms with Crippen LogP contribution in [-0.4, -0.2) is 47.3 Å². The fraction of sp³-hybridized carbons (Fsp3) is 0.571. The molecule has 6 nitrogen and oxygen atoms in total. The number of methoxy groups -OCH3 is 3. The molecule has 2 rings (SSSR count). The van der Waals surface area contributed by atoms with Crippen molar-refractivity contribution in [1.29, 1.82) is 0 Å². The summed E-state index contributed by atoms with van der Waals surface area (Å²) in [7, 11) is 4.76. The first kappa shape index (κ1) is 14.9. The summed E-state index contributed by atoms with van der Waals surface area (Å²) < 4.78 is 27.1. The molecular formula is C14H21NO5. The zero-order chi connectivity index (χ0) is 14.5. The number of hydrogen-bond acceptors (Lipinski definition) is 6. The third kappa shape index (κ3) is 2.98. The van der Waals surface area contributed by atoms with Crippen molar-refractivity contribution in [3.05, 3.63) is 17.7 Å². The molecule has 0 saturated carbocycles. The maximum atomic E-state index is 6.31. The van der Waals surface area contributed by atoms with E-state index in [0.717, 1.165) is 5.56 Å². The molecule has 2 unspecified atom stereocenters. The summed E-state index contributed by atoms with van der Waals surface area (Å²) in [5.41, 5.74) is 7.06. The summed E-state index contributed by atoms with van der Waals surface area (Å²) in [5, 5.41) is 0. The Hall–Kier alpha value is -1.50. The molecule has 1 aromatic carbocycles. The van der Waals surface area contributed by atoms with Gasteiger partial charge in [-0.1, -0.05) is 0 Å². The van der Waals surface area contributed by atoms with Crippen molar-refractivity contribution in [1.82, 2.24) is 0 Å². The average molecular weight is 283 g/mol. The molecule has 1 fully saturated rings. The molecular weight excluding hydrogens is 262 g/mol. The van der Waals surface area contributed by atoms with Crippen molar-refractivity contribution in [3.63, 3.8) is 0 Å². The highest BCUT2D eigenvalue weighted by atomic mass is 16.6. The summed E-state index contributed by atoms with van der Waals surface area (Å²) in [5.74, 6) is 1.88. The van der Waals surface area contributed by atoms with Gasteiger partial charge in [0.15, 0.2) is 0 Å². The minimum atomic E-state index is -0.397. The van der Waals surface area contributed by atoms with Crippen LogP contribution in [0.3, 0.4) is 0 Å². The SMILES string of the molecule is COc1cc(OC)c(C(N)C2COCCO2)c(OC)c1. The highest BCUT2D eigenvalue weighted by molar-refractivity contribution is 5.52. The van der Waals surface area contributed by atoms with E-state index in [1.165, 1.54) is 0 Å². The summed E-state index contributed by atoms with van der Waals surface area (Å²) in [4.78, 5) is 0. The fourth-order valence-electron chi connectivity index (χ4n) is 2.26. The first-order valence-corrected chi connectivity index (χ1v) is 6.46. The first-order valence-electron chi connectivity index (χ1n) is 6.46. The lowest BCUT2D eigenvalue weighted by Crippen LogP contribution is -2.38. The molecule has 0 aromatic heterocycles. The van der Waals surface area contributed by atoms with Crippen LogP contribution in [0, 0.1) is 0 Å².